The van der Waals surface area contributed by atoms with Crippen molar-refractivity contribution in [2.75, 3.05) is 0 Å². The zero-order chi connectivity index (χ0) is 13.7. The molecule has 0 spiro atoms. The number of imidazole rings is 1. The number of nitrogens with zero attached hydrogens (tertiary/aromatic N) is 3. The molecule has 1 unspecified atom stereocenters. The summed E-state index contributed by atoms with van der Waals surface area (Å²) in [6.45, 7) is 5.28. The smallest absolute Gasteiger partial charge is 0.0948 e. The molecule has 2 N–H and O–H groups in total. The Morgan fingerprint density at radius 3 is 2.79 bits per heavy atom. The fraction of sp³-hybridized carbons (Fsp3) is 0.467. The van der Waals surface area contributed by atoms with E-state index < -0.39 is 0 Å². The van der Waals surface area contributed by atoms with Gasteiger partial charge in [0.25, 0.3) is 0 Å². The second kappa shape index (κ2) is 6.48. The van der Waals surface area contributed by atoms with Crippen molar-refractivity contribution in [3.05, 3.63) is 48.3 Å². The van der Waals surface area contributed by atoms with Crippen molar-refractivity contribution in [3.63, 3.8) is 0 Å². The molecule has 4 heteroatoms. The Morgan fingerprint density at radius 1 is 1.26 bits per heavy atom. The molecule has 0 aliphatic carbocycles. The lowest BCUT2D eigenvalue weighted by Crippen LogP contribution is -2.17. The van der Waals surface area contributed by atoms with Crippen LogP contribution in [0.4, 0.5) is 0 Å². The molecular formula is C15H22N4. The molecule has 102 valence electrons. The third kappa shape index (κ3) is 3.89. The fourth-order valence-electron chi connectivity index (χ4n) is 2.25. The van der Waals surface area contributed by atoms with Gasteiger partial charge in [-0.3, -0.25) is 4.98 Å². The number of nitrogens with two attached hydrogens (primary N) is 1. The molecule has 0 aromatic carbocycles. The van der Waals surface area contributed by atoms with Crippen LogP contribution in [0.1, 0.15) is 37.6 Å². The Morgan fingerprint density at radius 2 is 2.11 bits per heavy atom. The Bertz CT molecular complexity index is 490. The van der Waals surface area contributed by atoms with Crippen molar-refractivity contribution < 1.29 is 0 Å². The Hall–Kier alpha value is -1.68. The molecule has 0 saturated carbocycles. The molecule has 2 heterocycles. The van der Waals surface area contributed by atoms with E-state index in [0.29, 0.717) is 5.92 Å². The Labute approximate surface area is 114 Å². The Balaban J connectivity index is 2.00. The molecule has 0 aliphatic rings. The topological polar surface area (TPSA) is 56.7 Å². The quantitative estimate of drug-likeness (QED) is 0.866. The predicted molar refractivity (Wildman–Crippen MR) is 76.6 cm³/mol. The minimum atomic E-state index is 0.0661. The summed E-state index contributed by atoms with van der Waals surface area (Å²) < 4.78 is 2.15. The van der Waals surface area contributed by atoms with Gasteiger partial charge in [0.2, 0.25) is 0 Å². The van der Waals surface area contributed by atoms with Crippen LogP contribution in [0.2, 0.25) is 0 Å². The monoisotopic (exact) mass is 258 g/mol. The minimum Gasteiger partial charge on any atom is -0.333 e. The van der Waals surface area contributed by atoms with Gasteiger partial charge in [0.1, 0.15) is 0 Å². The average molecular weight is 258 g/mol. The normalized spacial score (nSPS) is 12.8. The van der Waals surface area contributed by atoms with Gasteiger partial charge in [-0.05, 0) is 30.4 Å². The highest BCUT2D eigenvalue weighted by atomic mass is 15.1. The van der Waals surface area contributed by atoms with Crippen molar-refractivity contribution in [2.24, 2.45) is 11.7 Å². The van der Waals surface area contributed by atoms with Crippen LogP contribution in [-0.2, 0) is 13.0 Å². The van der Waals surface area contributed by atoms with Crippen molar-refractivity contribution >= 4 is 0 Å². The second-order valence-electron chi connectivity index (χ2n) is 5.36. The van der Waals surface area contributed by atoms with Crippen molar-refractivity contribution in [2.45, 2.75) is 39.3 Å². The molecule has 0 bridgehead atoms. The zero-order valence-corrected chi connectivity index (χ0v) is 11.7. The molecule has 0 radical (unpaired) electrons. The molecule has 4 nitrogen and oxygen atoms in total. The molecule has 2 rings (SSSR count). The second-order valence-corrected chi connectivity index (χ2v) is 5.36. The summed E-state index contributed by atoms with van der Waals surface area (Å²) in [5.41, 5.74) is 8.60. The van der Waals surface area contributed by atoms with Gasteiger partial charge in [0.15, 0.2) is 0 Å². The maximum atomic E-state index is 6.24. The summed E-state index contributed by atoms with van der Waals surface area (Å²) >= 11 is 0. The third-order valence-corrected chi connectivity index (χ3v) is 3.21. The third-order valence-electron chi connectivity index (χ3n) is 3.21. The van der Waals surface area contributed by atoms with Gasteiger partial charge in [0.05, 0.1) is 12.0 Å². The molecule has 0 fully saturated rings. The molecular weight excluding hydrogens is 236 g/mol. The lowest BCUT2D eigenvalue weighted by atomic mass is 10.0. The van der Waals surface area contributed by atoms with E-state index in [2.05, 4.69) is 34.4 Å². The lowest BCUT2D eigenvalue weighted by molar-refractivity contribution is 0.483. The molecule has 1 atom stereocenters. The number of rotatable bonds is 6. The first-order valence-corrected chi connectivity index (χ1v) is 6.81. The molecule has 2 aromatic rings. The summed E-state index contributed by atoms with van der Waals surface area (Å²) in [5.74, 6) is 0.594. The average Bonchev–Trinajstić information content (AvgIpc) is 2.85. The summed E-state index contributed by atoms with van der Waals surface area (Å²) in [7, 11) is 0. The van der Waals surface area contributed by atoms with Crippen LogP contribution in [0.3, 0.4) is 0 Å². The van der Waals surface area contributed by atoms with Crippen LogP contribution in [0.25, 0.3) is 0 Å². The van der Waals surface area contributed by atoms with E-state index in [1.807, 2.05) is 24.8 Å². The minimum absolute atomic E-state index is 0.0661. The fourth-order valence-corrected chi connectivity index (χ4v) is 2.25. The highest BCUT2D eigenvalue weighted by Gasteiger charge is 2.13. The van der Waals surface area contributed by atoms with Gasteiger partial charge in [-0.25, -0.2) is 4.98 Å². The predicted octanol–water partition coefficient (Wildman–Crippen LogP) is 2.57. The summed E-state index contributed by atoms with van der Waals surface area (Å²) in [6.07, 6.45) is 9.39. The van der Waals surface area contributed by atoms with Gasteiger partial charge in [-0.15, -0.1) is 0 Å². The van der Waals surface area contributed by atoms with Gasteiger partial charge in [0, 0.05) is 31.2 Å². The number of hydrogen-bond donors (Lipinski definition) is 1. The van der Waals surface area contributed by atoms with E-state index >= 15 is 0 Å². The van der Waals surface area contributed by atoms with Crippen LogP contribution in [-0.4, -0.2) is 14.5 Å². The van der Waals surface area contributed by atoms with Crippen LogP contribution < -0.4 is 5.73 Å². The van der Waals surface area contributed by atoms with Crippen LogP contribution in [0.5, 0.6) is 0 Å². The first kappa shape index (κ1) is 13.7. The Kier molecular flexibility index (Phi) is 4.68. The van der Waals surface area contributed by atoms with Crippen molar-refractivity contribution in [1.29, 1.82) is 0 Å². The van der Waals surface area contributed by atoms with E-state index in [1.165, 1.54) is 5.56 Å². The van der Waals surface area contributed by atoms with E-state index in [4.69, 9.17) is 5.73 Å². The number of aromatic nitrogens is 3. The summed E-state index contributed by atoms with van der Waals surface area (Å²) in [6, 6.07) is 4.13. The summed E-state index contributed by atoms with van der Waals surface area (Å²) in [4.78, 5) is 8.36. The lowest BCUT2D eigenvalue weighted by Gasteiger charge is -2.16. The molecule has 19 heavy (non-hydrogen) atoms. The summed E-state index contributed by atoms with van der Waals surface area (Å²) in [5, 5.41) is 0. The zero-order valence-electron chi connectivity index (χ0n) is 11.7. The molecule has 0 aliphatic heterocycles. The van der Waals surface area contributed by atoms with Gasteiger partial charge in [-0.1, -0.05) is 19.9 Å². The van der Waals surface area contributed by atoms with Crippen molar-refractivity contribution in [3.8, 4) is 0 Å². The van der Waals surface area contributed by atoms with Crippen LogP contribution in [0.15, 0.2) is 37.1 Å². The number of aryl methyl sites for hydroxylation is 2. The first-order chi connectivity index (χ1) is 9.16. The highest BCUT2D eigenvalue weighted by Crippen LogP contribution is 2.18. The van der Waals surface area contributed by atoms with Crippen molar-refractivity contribution in [1.82, 2.24) is 14.5 Å². The van der Waals surface area contributed by atoms with Gasteiger partial charge >= 0.3 is 0 Å². The van der Waals surface area contributed by atoms with Crippen LogP contribution >= 0.6 is 0 Å². The maximum absolute atomic E-state index is 6.24. The standard InChI is InChI=1S/C15H22N4/c1-12(2)8-14(16)15-10-18-11-19(15)7-5-13-4-3-6-17-9-13/h3-4,6,9-12,14H,5,7-8,16H2,1-2H3. The van der Waals surface area contributed by atoms with Gasteiger partial charge < -0.3 is 10.3 Å². The molecule has 0 saturated heterocycles. The molecule has 2 aromatic heterocycles. The van der Waals surface area contributed by atoms with E-state index in [1.54, 1.807) is 6.20 Å². The maximum Gasteiger partial charge on any atom is 0.0948 e. The highest BCUT2D eigenvalue weighted by molar-refractivity contribution is 5.10. The van der Waals surface area contributed by atoms with E-state index in [-0.39, 0.29) is 6.04 Å². The van der Waals surface area contributed by atoms with E-state index in [9.17, 15) is 0 Å². The van der Waals surface area contributed by atoms with Gasteiger partial charge in [-0.2, -0.15) is 0 Å². The molecule has 0 amide bonds. The van der Waals surface area contributed by atoms with E-state index in [0.717, 1.165) is 25.1 Å². The number of pyridine rings is 1. The number of hydrogen-bond acceptors (Lipinski definition) is 3. The van der Waals surface area contributed by atoms with Crippen LogP contribution in [0, 0.1) is 5.92 Å². The SMILES string of the molecule is CC(C)CC(N)c1cncn1CCc1cccnc1. The first-order valence-electron chi connectivity index (χ1n) is 6.81. The largest absolute Gasteiger partial charge is 0.333 e.